The third kappa shape index (κ3) is 5.34. The summed E-state index contributed by atoms with van der Waals surface area (Å²) in [5.74, 6) is -0.923. The minimum atomic E-state index is -0.670. The lowest BCUT2D eigenvalue weighted by atomic mass is 10.1. The van der Waals surface area contributed by atoms with Crippen LogP contribution in [0.2, 0.25) is 5.02 Å². The second-order valence-electron chi connectivity index (χ2n) is 6.74. The average Bonchev–Trinajstić information content (AvgIpc) is 2.99. The normalized spacial score (nSPS) is 17.5. The maximum absolute atomic E-state index is 12.7. The van der Waals surface area contributed by atoms with Crippen molar-refractivity contribution in [3.63, 3.8) is 0 Å². The molecular weight excluding hydrogens is 391 g/mol. The maximum Gasteiger partial charge on any atom is 0.249 e. The van der Waals surface area contributed by atoms with Gasteiger partial charge >= 0.3 is 0 Å². The van der Waals surface area contributed by atoms with Gasteiger partial charge in [-0.15, -0.1) is 12.4 Å². The van der Waals surface area contributed by atoms with E-state index in [0.29, 0.717) is 23.7 Å². The molecule has 2 atom stereocenters. The van der Waals surface area contributed by atoms with Crippen LogP contribution >= 0.6 is 24.0 Å². The molecule has 1 saturated heterocycles. The number of likely N-dealkylation sites (N-methyl/N-ethyl adjacent to an activating group) is 1. The maximum atomic E-state index is 12.7. The molecule has 1 aromatic rings. The number of para-hydroxylation sites is 1. The minimum Gasteiger partial charge on any atom is -0.346 e. The number of nitrogens with two attached hydrogens (primary N) is 1. The van der Waals surface area contributed by atoms with Gasteiger partial charge in [-0.1, -0.05) is 37.6 Å². The van der Waals surface area contributed by atoms with Crippen molar-refractivity contribution < 1.29 is 14.4 Å². The molecule has 1 heterocycles. The van der Waals surface area contributed by atoms with Crippen LogP contribution in [0.4, 0.5) is 5.69 Å². The number of carbonyl (C=O) groups excluding carboxylic acids is 3. The molecule has 1 fully saturated rings. The van der Waals surface area contributed by atoms with E-state index in [2.05, 4.69) is 5.32 Å². The summed E-state index contributed by atoms with van der Waals surface area (Å²) in [6, 6.07) is 5.86. The van der Waals surface area contributed by atoms with Crippen molar-refractivity contribution in [2.24, 2.45) is 11.7 Å². The van der Waals surface area contributed by atoms with Crippen LogP contribution in [-0.2, 0) is 14.4 Å². The summed E-state index contributed by atoms with van der Waals surface area (Å²) in [5.41, 5.74) is 6.39. The third-order valence-electron chi connectivity index (χ3n) is 4.62. The van der Waals surface area contributed by atoms with Crippen LogP contribution in [0.3, 0.4) is 0 Å². The van der Waals surface area contributed by atoms with Crippen LogP contribution in [0.15, 0.2) is 24.3 Å². The van der Waals surface area contributed by atoms with Crippen molar-refractivity contribution in [1.29, 1.82) is 0 Å². The van der Waals surface area contributed by atoms with E-state index in [1.165, 1.54) is 4.90 Å². The summed E-state index contributed by atoms with van der Waals surface area (Å²) in [6.07, 6.45) is 0.506. The van der Waals surface area contributed by atoms with Crippen LogP contribution in [0, 0.1) is 5.92 Å². The van der Waals surface area contributed by atoms with Crippen molar-refractivity contribution in [2.45, 2.75) is 32.4 Å². The number of amides is 3. The van der Waals surface area contributed by atoms with E-state index in [1.807, 2.05) is 19.9 Å². The van der Waals surface area contributed by atoms with Crippen LogP contribution in [0.1, 0.15) is 20.3 Å². The Kier molecular flexibility index (Phi) is 8.53. The first-order valence-corrected chi connectivity index (χ1v) is 8.96. The van der Waals surface area contributed by atoms with Crippen molar-refractivity contribution in [2.75, 3.05) is 25.0 Å². The number of nitrogens with one attached hydrogen (secondary N) is 1. The topological polar surface area (TPSA) is 95.7 Å². The highest BCUT2D eigenvalue weighted by Crippen LogP contribution is 2.30. The predicted molar refractivity (Wildman–Crippen MR) is 108 cm³/mol. The number of hydrogen-bond donors (Lipinski definition) is 2. The Hall–Kier alpha value is -1.83. The van der Waals surface area contributed by atoms with Crippen molar-refractivity contribution >= 4 is 47.4 Å². The lowest BCUT2D eigenvalue weighted by Gasteiger charge is -2.25. The summed E-state index contributed by atoms with van der Waals surface area (Å²) >= 11 is 6.17. The highest BCUT2D eigenvalue weighted by Gasteiger charge is 2.37. The van der Waals surface area contributed by atoms with Gasteiger partial charge in [-0.25, -0.2) is 0 Å². The van der Waals surface area contributed by atoms with Gasteiger partial charge < -0.3 is 20.9 Å². The minimum absolute atomic E-state index is 0. The molecule has 3 N–H and O–H groups in total. The molecule has 1 aliphatic heterocycles. The molecule has 1 unspecified atom stereocenters. The van der Waals surface area contributed by atoms with Gasteiger partial charge in [0.15, 0.2) is 0 Å². The van der Waals surface area contributed by atoms with Crippen LogP contribution in [0.25, 0.3) is 0 Å². The first-order valence-electron chi connectivity index (χ1n) is 8.59. The van der Waals surface area contributed by atoms with E-state index in [-0.39, 0.29) is 42.6 Å². The molecule has 1 aromatic carbocycles. The molecule has 0 aromatic heterocycles. The zero-order valence-electron chi connectivity index (χ0n) is 15.6. The molecule has 0 radical (unpaired) electrons. The molecule has 3 amide bonds. The molecule has 7 nitrogen and oxygen atoms in total. The fraction of sp³-hybridized carbons (Fsp3) is 0.500. The Balaban J connectivity index is 0.00000364. The molecule has 9 heteroatoms. The summed E-state index contributed by atoms with van der Waals surface area (Å²) < 4.78 is 0. The number of nitrogens with zero attached hydrogens (tertiary/aromatic N) is 2. The zero-order valence-corrected chi connectivity index (χ0v) is 17.2. The SMILES string of the molecule is CC(C)[C@H](N)C(=O)NCC(=O)N(C)C1CCN(c2ccccc2Cl)C1=O.Cl. The molecule has 150 valence electrons. The van der Waals surface area contributed by atoms with Gasteiger partial charge in [-0.3, -0.25) is 14.4 Å². The third-order valence-corrected chi connectivity index (χ3v) is 4.94. The number of carbonyl (C=O) groups is 3. The van der Waals surface area contributed by atoms with Gasteiger partial charge in [0.1, 0.15) is 6.04 Å². The largest absolute Gasteiger partial charge is 0.346 e. The summed E-state index contributed by atoms with van der Waals surface area (Å²) in [5, 5.41) is 3.02. The number of halogens is 2. The lowest BCUT2D eigenvalue weighted by Crippen LogP contribution is -2.50. The van der Waals surface area contributed by atoms with Crippen molar-refractivity contribution in [3.05, 3.63) is 29.3 Å². The summed E-state index contributed by atoms with van der Waals surface area (Å²) in [4.78, 5) is 39.9. The van der Waals surface area contributed by atoms with E-state index in [0.717, 1.165) is 0 Å². The zero-order chi connectivity index (χ0) is 19.4. The van der Waals surface area contributed by atoms with Crippen molar-refractivity contribution in [1.82, 2.24) is 10.2 Å². The molecule has 2 rings (SSSR count). The van der Waals surface area contributed by atoms with Gasteiger partial charge in [-0.05, 0) is 24.5 Å². The Bertz CT molecular complexity index is 699. The lowest BCUT2D eigenvalue weighted by molar-refractivity contribution is -0.137. The van der Waals surface area contributed by atoms with E-state index in [1.54, 1.807) is 30.1 Å². The summed E-state index contributed by atoms with van der Waals surface area (Å²) in [6.45, 7) is 3.96. The Labute approximate surface area is 170 Å². The van der Waals surface area contributed by atoms with Crippen LogP contribution in [0.5, 0.6) is 0 Å². The quantitative estimate of drug-likeness (QED) is 0.732. The second-order valence-corrected chi connectivity index (χ2v) is 7.15. The second kappa shape index (κ2) is 9.92. The van der Waals surface area contributed by atoms with Crippen LogP contribution < -0.4 is 16.0 Å². The fourth-order valence-corrected chi connectivity index (χ4v) is 3.05. The van der Waals surface area contributed by atoms with E-state index < -0.39 is 12.1 Å². The van der Waals surface area contributed by atoms with Gasteiger partial charge in [0.05, 0.1) is 23.3 Å². The molecule has 0 bridgehead atoms. The van der Waals surface area contributed by atoms with E-state index >= 15 is 0 Å². The van der Waals surface area contributed by atoms with E-state index in [9.17, 15) is 14.4 Å². The van der Waals surface area contributed by atoms with Gasteiger partial charge in [0, 0.05) is 13.6 Å². The number of hydrogen-bond acceptors (Lipinski definition) is 4. The predicted octanol–water partition coefficient (Wildman–Crippen LogP) is 1.42. The first-order chi connectivity index (χ1) is 12.2. The standard InChI is InChI=1S/C18H25ClN4O3.ClH/c1-11(2)16(20)17(25)21-10-15(24)22(3)14-8-9-23(18(14)26)13-7-5-4-6-12(13)19;/h4-7,11,14,16H,8-10,20H2,1-3H3,(H,21,25);1H/t14?,16-;/m0./s1. The highest BCUT2D eigenvalue weighted by atomic mass is 35.5. The molecule has 27 heavy (non-hydrogen) atoms. The highest BCUT2D eigenvalue weighted by molar-refractivity contribution is 6.34. The van der Waals surface area contributed by atoms with Gasteiger partial charge in [0.25, 0.3) is 0 Å². The molecular formula is C18H26Cl2N4O3. The first kappa shape index (κ1) is 23.2. The fourth-order valence-electron chi connectivity index (χ4n) is 2.82. The molecule has 1 aliphatic rings. The molecule has 0 saturated carbocycles. The summed E-state index contributed by atoms with van der Waals surface area (Å²) in [7, 11) is 1.57. The number of benzene rings is 1. The monoisotopic (exact) mass is 416 g/mol. The van der Waals surface area contributed by atoms with E-state index in [4.69, 9.17) is 17.3 Å². The number of anilines is 1. The average molecular weight is 417 g/mol. The van der Waals surface area contributed by atoms with Crippen LogP contribution in [-0.4, -0.2) is 54.8 Å². The van der Waals surface area contributed by atoms with Gasteiger partial charge in [0.2, 0.25) is 17.7 Å². The molecule has 0 aliphatic carbocycles. The Morgan fingerprint density at radius 3 is 2.59 bits per heavy atom. The Morgan fingerprint density at radius 1 is 1.37 bits per heavy atom. The molecule has 0 spiro atoms. The smallest absolute Gasteiger partial charge is 0.249 e. The van der Waals surface area contributed by atoms with Gasteiger partial charge in [-0.2, -0.15) is 0 Å². The Morgan fingerprint density at radius 2 is 2.00 bits per heavy atom. The number of rotatable bonds is 6. The van der Waals surface area contributed by atoms with Crippen molar-refractivity contribution in [3.8, 4) is 0 Å².